The molecular formula is C29H31FN2O5S. The van der Waals surface area contributed by atoms with Crippen LogP contribution in [0.3, 0.4) is 0 Å². The van der Waals surface area contributed by atoms with Crippen molar-refractivity contribution in [2.75, 3.05) is 33.0 Å². The van der Waals surface area contributed by atoms with Gasteiger partial charge in [0.15, 0.2) is 11.5 Å². The zero-order valence-corrected chi connectivity index (χ0v) is 22.3. The third kappa shape index (κ3) is 5.62. The van der Waals surface area contributed by atoms with Crippen molar-refractivity contribution in [3.8, 4) is 17.2 Å². The lowest BCUT2D eigenvalue weighted by molar-refractivity contribution is -0.135. The predicted molar refractivity (Wildman–Crippen MR) is 142 cm³/mol. The number of carbonyl (C=O) groups excluding carboxylic acids is 2. The van der Waals surface area contributed by atoms with E-state index < -0.39 is 0 Å². The Labute approximate surface area is 225 Å². The van der Waals surface area contributed by atoms with Gasteiger partial charge in [-0.3, -0.25) is 9.59 Å². The van der Waals surface area contributed by atoms with Crippen molar-refractivity contribution < 1.29 is 28.2 Å². The van der Waals surface area contributed by atoms with E-state index >= 15 is 0 Å². The molecule has 5 rings (SSSR count). The first kappa shape index (κ1) is 26.0. The average molecular weight is 539 g/mol. The molecule has 200 valence electrons. The molecule has 38 heavy (non-hydrogen) atoms. The fourth-order valence-corrected chi connectivity index (χ4v) is 5.73. The molecular weight excluding hydrogens is 507 g/mol. The molecule has 2 aromatic carbocycles. The number of fused-ring (bicyclic) bond motifs is 2. The van der Waals surface area contributed by atoms with Crippen LogP contribution in [-0.2, 0) is 11.2 Å². The minimum Gasteiger partial charge on any atom is -0.491 e. The molecule has 3 heterocycles. The standard InChI is InChI=1S/C29H31FN2O5S/c1-3-19(2)15-31(29(34)20-7-8-25-26(13-20)37-18-36-25)16-28(33)32-11-9-27-23(10-12-38-27)24(32)17-35-22-6-4-5-21(30)14-22/h4-8,10,12-14,19,24H,3,9,11,15-18H2,1-2H3/t19-,24-/m1/s1. The molecule has 0 spiro atoms. The van der Waals surface area contributed by atoms with Crippen LogP contribution in [0.5, 0.6) is 17.2 Å². The van der Waals surface area contributed by atoms with Gasteiger partial charge in [-0.15, -0.1) is 11.3 Å². The smallest absolute Gasteiger partial charge is 0.254 e. The summed E-state index contributed by atoms with van der Waals surface area (Å²) in [6.45, 7) is 5.39. The second-order valence-electron chi connectivity index (χ2n) is 9.69. The number of hydrogen-bond donors (Lipinski definition) is 0. The highest BCUT2D eigenvalue weighted by Gasteiger charge is 2.34. The van der Waals surface area contributed by atoms with Crippen molar-refractivity contribution in [2.24, 2.45) is 5.92 Å². The molecule has 7 nitrogen and oxygen atoms in total. The third-order valence-electron chi connectivity index (χ3n) is 7.08. The van der Waals surface area contributed by atoms with Crippen molar-refractivity contribution in [3.63, 3.8) is 0 Å². The highest BCUT2D eigenvalue weighted by atomic mass is 32.1. The van der Waals surface area contributed by atoms with Crippen LogP contribution in [0, 0.1) is 11.7 Å². The summed E-state index contributed by atoms with van der Waals surface area (Å²) >= 11 is 1.66. The molecule has 2 atom stereocenters. The normalized spacial score (nSPS) is 16.6. The summed E-state index contributed by atoms with van der Waals surface area (Å²) in [5.41, 5.74) is 1.50. The highest BCUT2D eigenvalue weighted by Crippen LogP contribution is 2.35. The minimum atomic E-state index is -0.377. The lowest BCUT2D eigenvalue weighted by Crippen LogP contribution is -2.48. The lowest BCUT2D eigenvalue weighted by atomic mass is 10.00. The number of carbonyl (C=O) groups is 2. The number of hydrogen-bond acceptors (Lipinski definition) is 6. The van der Waals surface area contributed by atoms with Crippen molar-refractivity contribution >= 4 is 23.2 Å². The van der Waals surface area contributed by atoms with Crippen LogP contribution < -0.4 is 14.2 Å². The van der Waals surface area contributed by atoms with Crippen LogP contribution in [0.1, 0.15) is 47.1 Å². The van der Waals surface area contributed by atoms with E-state index in [2.05, 4.69) is 13.8 Å². The largest absolute Gasteiger partial charge is 0.491 e. The summed E-state index contributed by atoms with van der Waals surface area (Å²) in [5.74, 6) is 1.02. The Bertz CT molecular complexity index is 1310. The van der Waals surface area contributed by atoms with Gasteiger partial charge in [-0.25, -0.2) is 4.39 Å². The zero-order valence-electron chi connectivity index (χ0n) is 21.5. The Hall–Kier alpha value is -3.59. The van der Waals surface area contributed by atoms with Crippen molar-refractivity contribution in [3.05, 3.63) is 75.7 Å². The Morgan fingerprint density at radius 1 is 1.18 bits per heavy atom. The van der Waals surface area contributed by atoms with E-state index in [1.165, 1.54) is 17.0 Å². The molecule has 0 bridgehead atoms. The van der Waals surface area contributed by atoms with E-state index in [-0.39, 0.29) is 49.5 Å². The van der Waals surface area contributed by atoms with Crippen LogP contribution >= 0.6 is 11.3 Å². The van der Waals surface area contributed by atoms with E-state index in [1.54, 1.807) is 51.5 Å². The fourth-order valence-electron chi connectivity index (χ4n) is 4.80. The van der Waals surface area contributed by atoms with Gasteiger partial charge < -0.3 is 24.0 Å². The van der Waals surface area contributed by atoms with E-state index in [1.807, 2.05) is 11.4 Å². The summed E-state index contributed by atoms with van der Waals surface area (Å²) in [6, 6.07) is 12.8. The van der Waals surface area contributed by atoms with Crippen LogP contribution in [0.2, 0.25) is 0 Å². The molecule has 0 fully saturated rings. The van der Waals surface area contributed by atoms with Crippen LogP contribution in [0.25, 0.3) is 0 Å². The summed E-state index contributed by atoms with van der Waals surface area (Å²) < 4.78 is 30.5. The second kappa shape index (κ2) is 11.4. The minimum absolute atomic E-state index is 0.0481. The Morgan fingerprint density at radius 2 is 2.03 bits per heavy atom. The molecule has 0 radical (unpaired) electrons. The summed E-state index contributed by atoms with van der Waals surface area (Å²) in [6.07, 6.45) is 1.63. The van der Waals surface area contributed by atoms with Gasteiger partial charge in [-0.05, 0) is 59.7 Å². The molecule has 0 saturated heterocycles. The quantitative estimate of drug-likeness (QED) is 0.370. The van der Waals surface area contributed by atoms with Gasteiger partial charge in [0, 0.05) is 29.6 Å². The Kier molecular flexibility index (Phi) is 7.83. The Balaban J connectivity index is 1.36. The molecule has 0 unspecified atom stereocenters. The number of rotatable bonds is 9. The molecule has 2 aliphatic rings. The summed E-state index contributed by atoms with van der Waals surface area (Å²) in [5, 5.41) is 2.02. The summed E-state index contributed by atoms with van der Waals surface area (Å²) in [7, 11) is 0. The lowest BCUT2D eigenvalue weighted by Gasteiger charge is -2.37. The van der Waals surface area contributed by atoms with Gasteiger partial charge in [0.05, 0.1) is 6.04 Å². The Morgan fingerprint density at radius 3 is 2.84 bits per heavy atom. The topological polar surface area (TPSA) is 68.3 Å². The fraction of sp³-hybridized carbons (Fsp3) is 0.379. The zero-order chi connectivity index (χ0) is 26.6. The number of halogens is 1. The van der Waals surface area contributed by atoms with Crippen molar-refractivity contribution in [1.82, 2.24) is 9.80 Å². The van der Waals surface area contributed by atoms with Crippen LogP contribution in [-0.4, -0.2) is 54.6 Å². The first-order valence-electron chi connectivity index (χ1n) is 12.9. The average Bonchev–Trinajstić information content (AvgIpc) is 3.60. The van der Waals surface area contributed by atoms with Gasteiger partial charge >= 0.3 is 0 Å². The van der Waals surface area contributed by atoms with Crippen molar-refractivity contribution in [2.45, 2.75) is 32.7 Å². The van der Waals surface area contributed by atoms with E-state index in [9.17, 15) is 14.0 Å². The molecule has 0 saturated carbocycles. The number of amides is 2. The molecule has 0 aliphatic carbocycles. The molecule has 2 aliphatic heterocycles. The maximum absolute atomic E-state index is 13.8. The van der Waals surface area contributed by atoms with E-state index in [4.69, 9.17) is 14.2 Å². The van der Waals surface area contributed by atoms with E-state index in [0.717, 1.165) is 18.4 Å². The van der Waals surface area contributed by atoms with Crippen LogP contribution in [0.15, 0.2) is 53.9 Å². The highest BCUT2D eigenvalue weighted by molar-refractivity contribution is 7.10. The maximum atomic E-state index is 13.8. The number of thiophene rings is 1. The molecule has 9 heteroatoms. The number of ether oxygens (including phenoxy) is 3. The first-order valence-corrected chi connectivity index (χ1v) is 13.7. The SMILES string of the molecule is CC[C@@H](C)CN(CC(=O)N1CCc2sccc2[C@H]1COc1cccc(F)c1)C(=O)c1ccc2c(c1)OCO2. The summed E-state index contributed by atoms with van der Waals surface area (Å²) in [4.78, 5) is 32.0. The molecule has 3 aromatic rings. The third-order valence-corrected chi connectivity index (χ3v) is 8.08. The van der Waals surface area contributed by atoms with Crippen molar-refractivity contribution in [1.29, 1.82) is 0 Å². The van der Waals surface area contributed by atoms with Gasteiger partial charge in [0.1, 0.15) is 24.7 Å². The molecule has 0 N–H and O–H groups in total. The first-order chi connectivity index (χ1) is 18.4. The second-order valence-corrected chi connectivity index (χ2v) is 10.7. The van der Waals surface area contributed by atoms with Crippen LogP contribution in [0.4, 0.5) is 4.39 Å². The van der Waals surface area contributed by atoms with Gasteiger partial charge in [0.25, 0.3) is 5.91 Å². The maximum Gasteiger partial charge on any atom is 0.254 e. The molecule has 2 amide bonds. The number of benzene rings is 2. The number of nitrogens with zero attached hydrogens (tertiary/aromatic N) is 2. The van der Waals surface area contributed by atoms with E-state index in [0.29, 0.717) is 35.9 Å². The predicted octanol–water partition coefficient (Wildman–Crippen LogP) is 5.31. The molecule has 1 aromatic heterocycles. The monoisotopic (exact) mass is 538 g/mol. The van der Waals surface area contributed by atoms with Gasteiger partial charge in [0.2, 0.25) is 12.7 Å². The van der Waals surface area contributed by atoms with Gasteiger partial charge in [-0.2, -0.15) is 0 Å². The van der Waals surface area contributed by atoms with Gasteiger partial charge in [-0.1, -0.05) is 26.3 Å².